The monoisotopic (exact) mass is 355 g/mol. The number of hydrogen-bond donors (Lipinski definition) is 1. The minimum absolute atomic E-state index is 0.668. The molecule has 2 aromatic rings. The fraction of sp³-hybridized carbons (Fsp3) is 0.455. The van der Waals surface area contributed by atoms with Gasteiger partial charge in [-0.15, -0.1) is 0 Å². The number of ether oxygens (including phenoxy) is 1. The third-order valence-corrected chi connectivity index (χ3v) is 5.86. The molecule has 0 bridgehead atoms. The van der Waals surface area contributed by atoms with Crippen LogP contribution in [0.3, 0.4) is 0 Å². The topological polar surface area (TPSA) is 21.3 Å². The zero-order chi connectivity index (χ0) is 17.1. The van der Waals surface area contributed by atoms with Crippen LogP contribution in [-0.2, 0) is 4.74 Å². The van der Waals surface area contributed by atoms with Crippen LogP contribution in [0.1, 0.15) is 37.2 Å². The van der Waals surface area contributed by atoms with E-state index in [1.807, 2.05) is 12.1 Å². The molecule has 25 heavy (non-hydrogen) atoms. The van der Waals surface area contributed by atoms with Gasteiger partial charge in [0.2, 0.25) is 0 Å². The Morgan fingerprint density at radius 3 is 2.24 bits per heavy atom. The van der Waals surface area contributed by atoms with Gasteiger partial charge in [-0.2, -0.15) is 0 Å². The zero-order valence-electron chi connectivity index (χ0n) is 14.6. The summed E-state index contributed by atoms with van der Waals surface area (Å²) in [5.74, 6) is 1.55. The lowest BCUT2D eigenvalue weighted by Crippen LogP contribution is -2.24. The van der Waals surface area contributed by atoms with Gasteiger partial charge in [-0.3, -0.25) is 0 Å². The van der Waals surface area contributed by atoms with Gasteiger partial charge in [0.1, 0.15) is 0 Å². The molecule has 132 valence electrons. The summed E-state index contributed by atoms with van der Waals surface area (Å²) in [6.45, 7) is 3.06. The van der Waals surface area contributed by atoms with Crippen molar-refractivity contribution in [3.05, 3.63) is 59.1 Å². The minimum atomic E-state index is 0.668. The SMILES string of the molecule is Clc1ccc(-c2ccc([C@@H]3C[C@H]3NCCC3CCOCC3)cc2)cc1. The van der Waals surface area contributed by atoms with Crippen molar-refractivity contribution in [2.75, 3.05) is 19.8 Å². The van der Waals surface area contributed by atoms with Crippen LogP contribution in [0.4, 0.5) is 0 Å². The third-order valence-electron chi connectivity index (χ3n) is 5.61. The second-order valence-corrected chi connectivity index (χ2v) is 7.81. The predicted molar refractivity (Wildman–Crippen MR) is 104 cm³/mol. The van der Waals surface area contributed by atoms with Crippen molar-refractivity contribution < 1.29 is 4.74 Å². The van der Waals surface area contributed by atoms with E-state index in [-0.39, 0.29) is 0 Å². The van der Waals surface area contributed by atoms with Gasteiger partial charge in [-0.05, 0) is 67.0 Å². The number of benzene rings is 2. The molecule has 3 heteroatoms. The molecule has 2 nitrogen and oxygen atoms in total. The largest absolute Gasteiger partial charge is 0.381 e. The highest BCUT2D eigenvalue weighted by atomic mass is 35.5. The number of nitrogens with one attached hydrogen (secondary N) is 1. The molecule has 2 fully saturated rings. The molecular formula is C22H26ClNO. The molecule has 2 aromatic carbocycles. The van der Waals surface area contributed by atoms with E-state index < -0.39 is 0 Å². The van der Waals surface area contributed by atoms with Gasteiger partial charge in [0.15, 0.2) is 0 Å². The standard InChI is InChI=1S/C22H26ClNO/c23-20-7-5-18(6-8-20)17-1-3-19(4-2-17)21-15-22(21)24-12-9-16-10-13-25-14-11-16/h1-8,16,21-22,24H,9-15H2/t21-,22+/m0/s1. The van der Waals surface area contributed by atoms with Crippen LogP contribution in [0.2, 0.25) is 5.02 Å². The maximum Gasteiger partial charge on any atom is 0.0468 e. The zero-order valence-corrected chi connectivity index (χ0v) is 15.3. The van der Waals surface area contributed by atoms with E-state index in [0.29, 0.717) is 12.0 Å². The van der Waals surface area contributed by atoms with E-state index in [2.05, 4.69) is 41.7 Å². The summed E-state index contributed by atoms with van der Waals surface area (Å²) >= 11 is 5.97. The van der Waals surface area contributed by atoms with E-state index in [0.717, 1.165) is 30.7 Å². The molecule has 0 unspecified atom stereocenters. The van der Waals surface area contributed by atoms with Gasteiger partial charge in [0.05, 0.1) is 0 Å². The molecule has 1 aliphatic carbocycles. The van der Waals surface area contributed by atoms with Crippen molar-refractivity contribution >= 4 is 11.6 Å². The lowest BCUT2D eigenvalue weighted by atomic mass is 9.97. The average molecular weight is 356 g/mol. The van der Waals surface area contributed by atoms with Crippen molar-refractivity contribution in [1.29, 1.82) is 0 Å². The maximum atomic E-state index is 5.97. The Morgan fingerprint density at radius 1 is 0.920 bits per heavy atom. The first kappa shape index (κ1) is 17.1. The molecule has 2 aliphatic rings. The summed E-state index contributed by atoms with van der Waals surface area (Å²) in [5.41, 5.74) is 3.93. The van der Waals surface area contributed by atoms with Crippen LogP contribution in [0, 0.1) is 5.92 Å². The normalized spacial score (nSPS) is 23.6. The van der Waals surface area contributed by atoms with Gasteiger partial charge >= 0.3 is 0 Å². The highest BCUT2D eigenvalue weighted by Gasteiger charge is 2.37. The highest BCUT2D eigenvalue weighted by molar-refractivity contribution is 6.30. The second-order valence-electron chi connectivity index (χ2n) is 7.38. The van der Waals surface area contributed by atoms with Gasteiger partial charge < -0.3 is 10.1 Å². The van der Waals surface area contributed by atoms with E-state index in [1.54, 1.807) is 0 Å². The number of rotatable bonds is 6. The predicted octanol–water partition coefficient (Wildman–Crippen LogP) is 5.27. The molecule has 1 saturated heterocycles. The first-order valence-electron chi connectivity index (χ1n) is 9.46. The Kier molecular flexibility index (Phi) is 5.40. The fourth-order valence-electron chi connectivity index (χ4n) is 3.86. The van der Waals surface area contributed by atoms with Crippen LogP contribution in [0.5, 0.6) is 0 Å². The van der Waals surface area contributed by atoms with E-state index in [4.69, 9.17) is 16.3 Å². The van der Waals surface area contributed by atoms with Gasteiger partial charge in [-0.1, -0.05) is 48.0 Å². The molecule has 1 N–H and O–H groups in total. The van der Waals surface area contributed by atoms with Crippen molar-refractivity contribution in [2.45, 2.75) is 37.6 Å². The first-order valence-corrected chi connectivity index (χ1v) is 9.84. The maximum absolute atomic E-state index is 5.97. The lowest BCUT2D eigenvalue weighted by Gasteiger charge is -2.21. The summed E-state index contributed by atoms with van der Waals surface area (Å²) in [6, 6.07) is 17.8. The van der Waals surface area contributed by atoms with Crippen molar-refractivity contribution in [1.82, 2.24) is 5.32 Å². The van der Waals surface area contributed by atoms with Crippen molar-refractivity contribution in [3.8, 4) is 11.1 Å². The Labute approximate surface area is 155 Å². The molecule has 0 spiro atoms. The summed E-state index contributed by atoms with van der Waals surface area (Å²) in [7, 11) is 0. The Bertz CT molecular complexity index is 676. The molecule has 4 rings (SSSR count). The second kappa shape index (κ2) is 7.90. The molecule has 1 heterocycles. The molecule has 0 radical (unpaired) electrons. The van der Waals surface area contributed by atoms with Crippen LogP contribution in [0.15, 0.2) is 48.5 Å². The molecule has 2 atom stereocenters. The van der Waals surface area contributed by atoms with Crippen LogP contribution in [-0.4, -0.2) is 25.8 Å². The van der Waals surface area contributed by atoms with Gasteiger partial charge in [0, 0.05) is 30.2 Å². The smallest absolute Gasteiger partial charge is 0.0468 e. The molecule has 1 aliphatic heterocycles. The van der Waals surface area contributed by atoms with E-state index in [1.165, 1.54) is 42.4 Å². The Morgan fingerprint density at radius 2 is 1.56 bits per heavy atom. The summed E-state index contributed by atoms with van der Waals surface area (Å²) < 4.78 is 5.43. The van der Waals surface area contributed by atoms with Crippen LogP contribution >= 0.6 is 11.6 Å². The van der Waals surface area contributed by atoms with Crippen LogP contribution < -0.4 is 5.32 Å². The molecule has 0 aromatic heterocycles. The van der Waals surface area contributed by atoms with E-state index in [9.17, 15) is 0 Å². The fourth-order valence-corrected chi connectivity index (χ4v) is 3.99. The molecule has 1 saturated carbocycles. The highest BCUT2D eigenvalue weighted by Crippen LogP contribution is 2.41. The average Bonchev–Trinajstić information content (AvgIpc) is 3.43. The van der Waals surface area contributed by atoms with E-state index >= 15 is 0 Å². The quantitative estimate of drug-likeness (QED) is 0.762. The minimum Gasteiger partial charge on any atom is -0.381 e. The van der Waals surface area contributed by atoms with Crippen molar-refractivity contribution in [3.63, 3.8) is 0 Å². The van der Waals surface area contributed by atoms with Crippen LogP contribution in [0.25, 0.3) is 11.1 Å². The summed E-state index contributed by atoms with van der Waals surface area (Å²) in [6.07, 6.45) is 5.04. The summed E-state index contributed by atoms with van der Waals surface area (Å²) in [4.78, 5) is 0. The molecule has 0 amide bonds. The lowest BCUT2D eigenvalue weighted by molar-refractivity contribution is 0.0639. The van der Waals surface area contributed by atoms with Crippen molar-refractivity contribution in [2.24, 2.45) is 5.92 Å². The van der Waals surface area contributed by atoms with Gasteiger partial charge in [-0.25, -0.2) is 0 Å². The number of halogens is 1. The molecular weight excluding hydrogens is 330 g/mol. The first-order chi connectivity index (χ1) is 12.3. The third kappa shape index (κ3) is 4.44. The van der Waals surface area contributed by atoms with Gasteiger partial charge in [0.25, 0.3) is 0 Å². The summed E-state index contributed by atoms with van der Waals surface area (Å²) in [5, 5.41) is 4.53. The Balaban J connectivity index is 1.26. The Hall–Kier alpha value is -1.35. The number of hydrogen-bond acceptors (Lipinski definition) is 2.